The number of aromatic nitrogens is 2. The van der Waals surface area contributed by atoms with Gasteiger partial charge in [0.25, 0.3) is 0 Å². The van der Waals surface area contributed by atoms with Crippen LogP contribution >= 0.6 is 0 Å². The lowest BCUT2D eigenvalue weighted by Gasteiger charge is -2.04. The third-order valence-corrected chi connectivity index (χ3v) is 1.92. The van der Waals surface area contributed by atoms with Crippen molar-refractivity contribution in [2.75, 3.05) is 0 Å². The molecule has 0 aromatic carbocycles. The number of hydrogen-bond donors (Lipinski definition) is 1. The van der Waals surface area contributed by atoms with E-state index in [4.69, 9.17) is 5.11 Å². The Bertz CT molecular complexity index is 382. The summed E-state index contributed by atoms with van der Waals surface area (Å²) in [5, 5.41) is 12.6. The summed E-state index contributed by atoms with van der Waals surface area (Å²) in [4.78, 5) is 20.7. The molecule has 0 spiro atoms. The highest BCUT2D eigenvalue weighted by Crippen LogP contribution is 2.08. The molecule has 15 heavy (non-hydrogen) atoms. The lowest BCUT2D eigenvalue weighted by Crippen LogP contribution is -2.15. The third kappa shape index (κ3) is 3.05. The van der Waals surface area contributed by atoms with Crippen LogP contribution in [0.5, 0.6) is 0 Å². The molecule has 0 saturated heterocycles. The summed E-state index contributed by atoms with van der Waals surface area (Å²) in [6.07, 6.45) is 7.74. The molecule has 80 valence electrons. The topological polar surface area (TPSA) is 72.2 Å². The van der Waals surface area contributed by atoms with Crippen LogP contribution in [0.1, 0.15) is 24.9 Å². The van der Waals surface area contributed by atoms with Crippen molar-refractivity contribution >= 4 is 18.3 Å². The number of nitrogens with zero attached hydrogens (tertiary/aromatic N) is 2. The predicted octanol–water partition coefficient (Wildman–Crippen LogP) is 1.13. The van der Waals surface area contributed by atoms with Gasteiger partial charge in [-0.3, -0.25) is 4.68 Å². The third-order valence-electron chi connectivity index (χ3n) is 1.92. The molecule has 1 heterocycles. The van der Waals surface area contributed by atoms with Crippen molar-refractivity contribution in [1.82, 2.24) is 9.78 Å². The molecule has 0 radical (unpaired) electrons. The molecule has 5 nitrogen and oxygen atoms in total. The van der Waals surface area contributed by atoms with Crippen LogP contribution in [0.4, 0.5) is 0 Å². The SMILES string of the molecule is C[C@@H](C(=O)O)n1cc(C=CCC=O)cn1. The molecule has 0 fully saturated rings. The first-order valence-corrected chi connectivity index (χ1v) is 4.52. The Labute approximate surface area is 87.0 Å². The number of allylic oxidation sites excluding steroid dienone is 1. The molecule has 1 N–H and O–H groups in total. The summed E-state index contributed by atoms with van der Waals surface area (Å²) in [5.41, 5.74) is 0.782. The maximum Gasteiger partial charge on any atom is 0.328 e. The fourth-order valence-corrected chi connectivity index (χ4v) is 1.02. The first-order valence-electron chi connectivity index (χ1n) is 4.52. The van der Waals surface area contributed by atoms with Gasteiger partial charge in [0.2, 0.25) is 0 Å². The minimum Gasteiger partial charge on any atom is -0.480 e. The lowest BCUT2D eigenvalue weighted by molar-refractivity contribution is -0.140. The zero-order chi connectivity index (χ0) is 11.3. The van der Waals surface area contributed by atoms with Gasteiger partial charge >= 0.3 is 5.97 Å². The molecule has 0 saturated carbocycles. The highest BCUT2D eigenvalue weighted by atomic mass is 16.4. The van der Waals surface area contributed by atoms with E-state index in [0.29, 0.717) is 6.42 Å². The zero-order valence-corrected chi connectivity index (χ0v) is 8.33. The molecular formula is C10H12N2O3. The van der Waals surface area contributed by atoms with E-state index >= 15 is 0 Å². The normalized spacial score (nSPS) is 12.9. The van der Waals surface area contributed by atoms with Gasteiger partial charge in [0.05, 0.1) is 6.20 Å². The summed E-state index contributed by atoms with van der Waals surface area (Å²) in [7, 11) is 0. The van der Waals surface area contributed by atoms with Crippen LogP contribution in [0.2, 0.25) is 0 Å². The molecule has 0 aliphatic heterocycles. The van der Waals surface area contributed by atoms with E-state index in [9.17, 15) is 9.59 Å². The molecule has 0 aliphatic carbocycles. The molecule has 5 heteroatoms. The molecule has 0 unspecified atom stereocenters. The van der Waals surface area contributed by atoms with Crippen LogP contribution in [0.25, 0.3) is 6.08 Å². The average molecular weight is 208 g/mol. The summed E-state index contributed by atoms with van der Waals surface area (Å²) in [6.45, 7) is 1.55. The smallest absolute Gasteiger partial charge is 0.328 e. The molecule has 1 atom stereocenters. The number of rotatable bonds is 5. The van der Waals surface area contributed by atoms with E-state index in [0.717, 1.165) is 11.8 Å². The Hall–Kier alpha value is -1.91. The number of aldehydes is 1. The van der Waals surface area contributed by atoms with Gasteiger partial charge in [-0.25, -0.2) is 4.79 Å². The summed E-state index contributed by atoms with van der Waals surface area (Å²) in [6, 6.07) is -0.682. The largest absolute Gasteiger partial charge is 0.480 e. The van der Waals surface area contributed by atoms with Crippen LogP contribution < -0.4 is 0 Å². The van der Waals surface area contributed by atoms with Crippen molar-refractivity contribution in [3.05, 3.63) is 24.0 Å². The predicted molar refractivity (Wildman–Crippen MR) is 54.3 cm³/mol. The molecule has 1 aromatic heterocycles. The number of carbonyl (C=O) groups is 2. The number of hydrogen-bond acceptors (Lipinski definition) is 3. The van der Waals surface area contributed by atoms with Gasteiger partial charge in [0, 0.05) is 18.2 Å². The van der Waals surface area contributed by atoms with Crippen LogP contribution in [-0.2, 0) is 9.59 Å². The van der Waals surface area contributed by atoms with E-state index in [1.807, 2.05) is 0 Å². The van der Waals surface area contributed by atoms with Crippen LogP contribution in [-0.4, -0.2) is 27.1 Å². The first kappa shape index (κ1) is 11.2. The number of carboxylic acid groups (broad SMARTS) is 1. The van der Waals surface area contributed by atoms with E-state index in [1.165, 1.54) is 4.68 Å². The van der Waals surface area contributed by atoms with Crippen molar-refractivity contribution in [1.29, 1.82) is 0 Å². The summed E-state index contributed by atoms with van der Waals surface area (Å²) < 4.78 is 1.36. The molecule has 1 aromatic rings. The van der Waals surface area contributed by atoms with Crippen LogP contribution in [0.3, 0.4) is 0 Å². The second kappa shape index (κ2) is 5.09. The monoisotopic (exact) mass is 208 g/mol. The van der Waals surface area contributed by atoms with Crippen molar-refractivity contribution in [3.8, 4) is 0 Å². The minimum atomic E-state index is -0.929. The van der Waals surface area contributed by atoms with Crippen molar-refractivity contribution < 1.29 is 14.7 Å². The van der Waals surface area contributed by atoms with Gasteiger partial charge in [0.1, 0.15) is 12.3 Å². The van der Waals surface area contributed by atoms with E-state index in [-0.39, 0.29) is 0 Å². The molecule has 1 rings (SSSR count). The Morgan fingerprint density at radius 2 is 2.47 bits per heavy atom. The van der Waals surface area contributed by atoms with E-state index < -0.39 is 12.0 Å². The van der Waals surface area contributed by atoms with Gasteiger partial charge in [0.15, 0.2) is 0 Å². The number of carboxylic acids is 1. The Balaban J connectivity index is 2.71. The van der Waals surface area contributed by atoms with Crippen LogP contribution in [0, 0.1) is 0 Å². The first-order chi connectivity index (χ1) is 7.15. The quantitative estimate of drug-likeness (QED) is 0.736. The fourth-order valence-electron chi connectivity index (χ4n) is 1.02. The molecule has 0 aliphatic rings. The van der Waals surface area contributed by atoms with Crippen molar-refractivity contribution in [2.24, 2.45) is 0 Å². The highest BCUT2D eigenvalue weighted by molar-refractivity contribution is 5.71. The van der Waals surface area contributed by atoms with Crippen LogP contribution in [0.15, 0.2) is 18.5 Å². The zero-order valence-electron chi connectivity index (χ0n) is 8.33. The van der Waals surface area contributed by atoms with Gasteiger partial charge < -0.3 is 9.90 Å². The van der Waals surface area contributed by atoms with Gasteiger partial charge in [-0.1, -0.05) is 12.2 Å². The number of aliphatic carboxylic acids is 1. The highest BCUT2D eigenvalue weighted by Gasteiger charge is 2.13. The van der Waals surface area contributed by atoms with Gasteiger partial charge in [-0.15, -0.1) is 0 Å². The van der Waals surface area contributed by atoms with Crippen molar-refractivity contribution in [2.45, 2.75) is 19.4 Å². The van der Waals surface area contributed by atoms with Crippen molar-refractivity contribution in [3.63, 3.8) is 0 Å². The second-order valence-corrected chi connectivity index (χ2v) is 3.07. The maximum absolute atomic E-state index is 10.6. The Kier molecular flexibility index (Phi) is 3.79. The summed E-state index contributed by atoms with van der Waals surface area (Å²) in [5.74, 6) is -0.929. The van der Waals surface area contributed by atoms with E-state index in [2.05, 4.69) is 5.10 Å². The Morgan fingerprint density at radius 1 is 1.73 bits per heavy atom. The molecular weight excluding hydrogens is 196 g/mol. The molecule has 0 amide bonds. The van der Waals surface area contributed by atoms with Gasteiger partial charge in [-0.05, 0) is 6.92 Å². The average Bonchev–Trinajstić information content (AvgIpc) is 2.65. The van der Waals surface area contributed by atoms with Gasteiger partial charge in [-0.2, -0.15) is 5.10 Å². The minimum absolute atomic E-state index is 0.347. The Morgan fingerprint density at radius 3 is 3.07 bits per heavy atom. The van der Waals surface area contributed by atoms with E-state index in [1.54, 1.807) is 31.5 Å². The maximum atomic E-state index is 10.6. The molecule has 0 bridgehead atoms. The fraction of sp³-hybridized carbons (Fsp3) is 0.300. The number of carbonyl (C=O) groups excluding carboxylic acids is 1. The lowest BCUT2D eigenvalue weighted by atomic mass is 10.3. The standard InChI is InChI=1S/C10H12N2O3/c1-8(10(14)15)12-7-9(6-11-12)4-2-3-5-13/h2,4-8H,3H2,1H3,(H,14,15)/t8-/m0/s1. The summed E-state index contributed by atoms with van der Waals surface area (Å²) >= 11 is 0. The second-order valence-electron chi connectivity index (χ2n) is 3.07.